The average Bonchev–Trinajstić information content (AvgIpc) is 3.07. The van der Waals surface area contributed by atoms with Crippen molar-refractivity contribution < 1.29 is 26.3 Å². The third-order valence-corrected chi connectivity index (χ3v) is 5.72. The fourth-order valence-corrected chi connectivity index (χ4v) is 4.17. The quantitative estimate of drug-likeness (QED) is 0.599. The zero-order valence-corrected chi connectivity index (χ0v) is 16.5. The summed E-state index contributed by atoms with van der Waals surface area (Å²) in [7, 11) is -2.52. The number of halogens is 4. The third kappa shape index (κ3) is 4.89. The second-order valence-electron chi connectivity index (χ2n) is 5.98. The molecule has 0 bridgehead atoms. The standard InChI is InChI=1S/C18H15ClF3N3O3S/c1-25-8-7-23-17(25)16(11-3-2-4-12(20)9-11)24-29(26,27)13-5-6-15(14(19)10-13)28-18(21)22/h2-10,16,18,24H,1H3. The highest BCUT2D eigenvalue weighted by molar-refractivity contribution is 7.89. The lowest BCUT2D eigenvalue weighted by Crippen LogP contribution is -2.31. The van der Waals surface area contributed by atoms with Gasteiger partial charge in [0.25, 0.3) is 0 Å². The Hall–Kier alpha value is -2.56. The monoisotopic (exact) mass is 445 g/mol. The Bertz CT molecular complexity index is 1120. The minimum Gasteiger partial charge on any atom is -0.433 e. The fraction of sp³-hybridized carbons (Fsp3) is 0.167. The third-order valence-electron chi connectivity index (χ3n) is 4.00. The molecule has 0 aliphatic heterocycles. The summed E-state index contributed by atoms with van der Waals surface area (Å²) in [5, 5.41) is -0.299. The van der Waals surface area contributed by atoms with Crippen LogP contribution < -0.4 is 9.46 Å². The Morgan fingerprint density at radius 1 is 1.21 bits per heavy atom. The molecule has 1 unspecified atom stereocenters. The second kappa shape index (κ2) is 8.44. The van der Waals surface area contributed by atoms with Crippen LogP contribution in [-0.4, -0.2) is 24.6 Å². The van der Waals surface area contributed by atoms with Crippen LogP contribution in [0.2, 0.25) is 5.02 Å². The van der Waals surface area contributed by atoms with Gasteiger partial charge in [-0.3, -0.25) is 0 Å². The minimum atomic E-state index is -4.18. The van der Waals surface area contributed by atoms with E-state index in [2.05, 4.69) is 14.4 Å². The predicted octanol–water partition coefficient (Wildman–Crippen LogP) is 3.88. The number of imidazole rings is 1. The molecule has 0 saturated heterocycles. The summed E-state index contributed by atoms with van der Waals surface area (Å²) in [5.41, 5.74) is 0.326. The Morgan fingerprint density at radius 3 is 2.55 bits per heavy atom. The highest BCUT2D eigenvalue weighted by Crippen LogP contribution is 2.30. The van der Waals surface area contributed by atoms with Crippen LogP contribution in [0.1, 0.15) is 17.4 Å². The van der Waals surface area contributed by atoms with E-state index in [9.17, 15) is 21.6 Å². The first kappa shape index (κ1) is 21.2. The van der Waals surface area contributed by atoms with E-state index in [-0.39, 0.29) is 15.7 Å². The summed E-state index contributed by atoms with van der Waals surface area (Å²) < 4.78 is 72.5. The van der Waals surface area contributed by atoms with Crippen LogP contribution in [0.15, 0.2) is 59.8 Å². The van der Waals surface area contributed by atoms with Gasteiger partial charge in [0.05, 0.1) is 9.92 Å². The highest BCUT2D eigenvalue weighted by Gasteiger charge is 2.27. The Kier molecular flexibility index (Phi) is 6.15. The zero-order valence-electron chi connectivity index (χ0n) is 14.9. The zero-order chi connectivity index (χ0) is 21.2. The number of nitrogens with one attached hydrogen (secondary N) is 1. The van der Waals surface area contributed by atoms with E-state index in [1.54, 1.807) is 23.9 Å². The van der Waals surface area contributed by atoms with Crippen LogP contribution in [0.25, 0.3) is 0 Å². The molecule has 3 rings (SSSR count). The second-order valence-corrected chi connectivity index (χ2v) is 8.10. The highest BCUT2D eigenvalue weighted by atomic mass is 35.5. The number of alkyl halides is 2. The van der Waals surface area contributed by atoms with Crippen LogP contribution in [0.5, 0.6) is 5.75 Å². The largest absolute Gasteiger partial charge is 0.433 e. The number of aryl methyl sites for hydroxylation is 1. The van der Waals surface area contributed by atoms with Crippen LogP contribution in [0, 0.1) is 5.82 Å². The SMILES string of the molecule is Cn1ccnc1C(NS(=O)(=O)c1ccc(OC(F)F)c(Cl)c1)c1cccc(F)c1. The summed E-state index contributed by atoms with van der Waals surface area (Å²) in [6.45, 7) is -3.10. The topological polar surface area (TPSA) is 73.2 Å². The first-order valence-electron chi connectivity index (χ1n) is 8.17. The average molecular weight is 446 g/mol. The van der Waals surface area contributed by atoms with Crippen LogP contribution >= 0.6 is 11.6 Å². The predicted molar refractivity (Wildman–Crippen MR) is 99.9 cm³/mol. The van der Waals surface area contributed by atoms with Gasteiger partial charge in [-0.25, -0.2) is 17.8 Å². The Labute approximate surface area is 170 Å². The number of hydrogen-bond acceptors (Lipinski definition) is 4. The first-order valence-corrected chi connectivity index (χ1v) is 10.0. The van der Waals surface area contributed by atoms with Crippen molar-refractivity contribution in [3.8, 4) is 5.75 Å². The van der Waals surface area contributed by atoms with Gasteiger partial charge in [0, 0.05) is 19.4 Å². The Morgan fingerprint density at radius 2 is 1.97 bits per heavy atom. The number of ether oxygens (including phenoxy) is 1. The van der Waals surface area contributed by atoms with E-state index < -0.39 is 28.5 Å². The first-order chi connectivity index (χ1) is 13.7. The van der Waals surface area contributed by atoms with E-state index >= 15 is 0 Å². The van der Waals surface area contributed by atoms with Gasteiger partial charge in [-0.1, -0.05) is 23.7 Å². The molecular weight excluding hydrogens is 431 g/mol. The molecule has 6 nitrogen and oxygen atoms in total. The molecular formula is C18H15ClF3N3O3S. The maximum Gasteiger partial charge on any atom is 0.387 e. The molecule has 154 valence electrons. The molecule has 3 aromatic rings. The van der Waals surface area contributed by atoms with Crippen molar-refractivity contribution >= 4 is 21.6 Å². The molecule has 0 spiro atoms. The van der Waals surface area contributed by atoms with Crippen molar-refractivity contribution in [2.75, 3.05) is 0 Å². The molecule has 1 aromatic heterocycles. The summed E-state index contributed by atoms with van der Waals surface area (Å²) >= 11 is 5.86. The van der Waals surface area contributed by atoms with Gasteiger partial charge in [-0.2, -0.15) is 13.5 Å². The van der Waals surface area contributed by atoms with Crippen molar-refractivity contribution in [2.45, 2.75) is 17.5 Å². The van der Waals surface area contributed by atoms with Gasteiger partial charge in [-0.15, -0.1) is 0 Å². The maximum atomic E-state index is 13.7. The maximum absolute atomic E-state index is 13.7. The molecule has 1 N–H and O–H groups in total. The van der Waals surface area contributed by atoms with Crippen molar-refractivity contribution in [1.82, 2.24) is 14.3 Å². The van der Waals surface area contributed by atoms with Crippen LogP contribution in [0.3, 0.4) is 0 Å². The van der Waals surface area contributed by atoms with Gasteiger partial charge >= 0.3 is 6.61 Å². The molecule has 0 saturated carbocycles. The van der Waals surface area contributed by atoms with E-state index in [1.165, 1.54) is 24.4 Å². The minimum absolute atomic E-state index is 0.278. The molecule has 0 fully saturated rings. The van der Waals surface area contributed by atoms with Crippen molar-refractivity contribution in [3.63, 3.8) is 0 Å². The van der Waals surface area contributed by atoms with Crippen LogP contribution in [0.4, 0.5) is 13.2 Å². The molecule has 0 aliphatic carbocycles. The van der Waals surface area contributed by atoms with E-state index in [4.69, 9.17) is 11.6 Å². The summed E-state index contributed by atoms with van der Waals surface area (Å²) in [4.78, 5) is 3.87. The number of benzene rings is 2. The lowest BCUT2D eigenvalue weighted by molar-refractivity contribution is -0.0498. The normalized spacial score (nSPS) is 12.9. The van der Waals surface area contributed by atoms with Gasteiger partial charge < -0.3 is 9.30 Å². The van der Waals surface area contributed by atoms with Crippen molar-refractivity contribution in [3.05, 3.63) is 77.1 Å². The van der Waals surface area contributed by atoms with Crippen LogP contribution in [-0.2, 0) is 17.1 Å². The smallest absolute Gasteiger partial charge is 0.387 e. The molecule has 0 amide bonds. The summed E-state index contributed by atoms with van der Waals surface area (Å²) in [6.07, 6.45) is 3.09. The van der Waals surface area contributed by atoms with Crippen molar-refractivity contribution in [1.29, 1.82) is 0 Å². The number of rotatable bonds is 7. The van der Waals surface area contributed by atoms with Gasteiger partial charge in [0.15, 0.2) is 0 Å². The summed E-state index contributed by atoms with van der Waals surface area (Å²) in [6, 6.07) is 7.51. The van der Waals surface area contributed by atoms with E-state index in [1.807, 2.05) is 0 Å². The van der Waals surface area contributed by atoms with Gasteiger partial charge in [0.2, 0.25) is 10.0 Å². The number of sulfonamides is 1. The number of aromatic nitrogens is 2. The lowest BCUT2D eigenvalue weighted by atomic mass is 10.1. The van der Waals surface area contributed by atoms with E-state index in [0.717, 1.165) is 18.2 Å². The van der Waals surface area contributed by atoms with Crippen molar-refractivity contribution in [2.24, 2.45) is 7.05 Å². The van der Waals surface area contributed by atoms with E-state index in [0.29, 0.717) is 11.4 Å². The van der Waals surface area contributed by atoms with Gasteiger partial charge in [0.1, 0.15) is 23.4 Å². The molecule has 1 heterocycles. The fourth-order valence-electron chi connectivity index (χ4n) is 2.67. The lowest BCUT2D eigenvalue weighted by Gasteiger charge is -2.19. The molecule has 29 heavy (non-hydrogen) atoms. The number of nitrogens with zero attached hydrogens (tertiary/aromatic N) is 2. The molecule has 0 radical (unpaired) electrons. The summed E-state index contributed by atoms with van der Waals surface area (Å²) in [5.74, 6) is -0.577. The molecule has 0 aliphatic rings. The molecule has 11 heteroatoms. The molecule has 2 aromatic carbocycles. The number of hydrogen-bond donors (Lipinski definition) is 1. The Balaban J connectivity index is 1.99. The molecule has 1 atom stereocenters. The van der Waals surface area contributed by atoms with Gasteiger partial charge in [-0.05, 0) is 35.9 Å².